The molecular weight excluding hydrogens is 248 g/mol. The maximum atomic E-state index is 11.9. The first-order chi connectivity index (χ1) is 8.71. The van der Waals surface area contributed by atoms with Gasteiger partial charge in [-0.25, -0.2) is 0 Å². The van der Waals surface area contributed by atoms with Crippen molar-refractivity contribution in [3.05, 3.63) is 21.9 Å². The standard InChI is InChI=1S/C13H18N2O2S/c1-3-10(9-17-2)15-13(16)12-7-6-11(18-12)5-4-8-14/h6-7,10H,3,8-9,14H2,1-2H3,(H,15,16). The van der Waals surface area contributed by atoms with Crippen LogP contribution in [-0.4, -0.2) is 32.2 Å². The Bertz CT molecular complexity index is 445. The molecule has 5 heteroatoms. The summed E-state index contributed by atoms with van der Waals surface area (Å²) in [4.78, 5) is 13.5. The molecule has 0 aromatic carbocycles. The van der Waals surface area contributed by atoms with E-state index in [1.807, 2.05) is 13.0 Å². The number of rotatable bonds is 5. The minimum absolute atomic E-state index is 0.0446. The lowest BCUT2D eigenvalue weighted by Crippen LogP contribution is -2.37. The quantitative estimate of drug-likeness (QED) is 0.787. The van der Waals surface area contributed by atoms with E-state index < -0.39 is 0 Å². The smallest absolute Gasteiger partial charge is 0.261 e. The Morgan fingerprint density at radius 2 is 2.39 bits per heavy atom. The van der Waals surface area contributed by atoms with Crippen LogP contribution in [0.5, 0.6) is 0 Å². The van der Waals surface area contributed by atoms with Crippen molar-refractivity contribution >= 4 is 17.2 Å². The van der Waals surface area contributed by atoms with Crippen molar-refractivity contribution in [1.82, 2.24) is 5.32 Å². The normalized spacial score (nSPS) is 11.5. The maximum Gasteiger partial charge on any atom is 0.261 e. The number of nitrogens with one attached hydrogen (secondary N) is 1. The third kappa shape index (κ3) is 4.49. The molecule has 1 amide bonds. The third-order valence-corrected chi connectivity index (χ3v) is 3.34. The van der Waals surface area contributed by atoms with Crippen molar-refractivity contribution in [1.29, 1.82) is 0 Å². The van der Waals surface area contributed by atoms with Crippen LogP contribution in [0.3, 0.4) is 0 Å². The van der Waals surface area contributed by atoms with E-state index >= 15 is 0 Å². The lowest BCUT2D eigenvalue weighted by Gasteiger charge is -2.14. The average molecular weight is 266 g/mol. The third-order valence-electron chi connectivity index (χ3n) is 2.34. The van der Waals surface area contributed by atoms with Gasteiger partial charge >= 0.3 is 0 Å². The Morgan fingerprint density at radius 3 is 3.00 bits per heavy atom. The molecule has 0 fully saturated rings. The highest BCUT2D eigenvalue weighted by molar-refractivity contribution is 7.14. The average Bonchev–Trinajstić information content (AvgIpc) is 2.84. The van der Waals surface area contributed by atoms with Gasteiger partial charge in [-0.2, -0.15) is 0 Å². The minimum atomic E-state index is -0.0790. The molecule has 0 aliphatic heterocycles. The Kier molecular flexibility index (Phi) is 6.44. The number of thiophene rings is 1. The molecule has 0 radical (unpaired) electrons. The first-order valence-electron chi connectivity index (χ1n) is 5.79. The fourth-order valence-electron chi connectivity index (χ4n) is 1.38. The maximum absolute atomic E-state index is 11.9. The van der Waals surface area contributed by atoms with Crippen LogP contribution in [0, 0.1) is 11.8 Å². The van der Waals surface area contributed by atoms with E-state index in [0.29, 0.717) is 18.0 Å². The van der Waals surface area contributed by atoms with Gasteiger partial charge in [0.2, 0.25) is 0 Å². The Morgan fingerprint density at radius 1 is 1.61 bits per heavy atom. The van der Waals surface area contributed by atoms with Crippen molar-refractivity contribution in [3.8, 4) is 11.8 Å². The monoisotopic (exact) mass is 266 g/mol. The molecule has 98 valence electrons. The first kappa shape index (κ1) is 14.7. The molecule has 0 saturated carbocycles. The lowest BCUT2D eigenvalue weighted by molar-refractivity contribution is 0.0898. The van der Waals surface area contributed by atoms with Gasteiger partial charge in [0.05, 0.1) is 28.9 Å². The van der Waals surface area contributed by atoms with Crippen LogP contribution < -0.4 is 11.1 Å². The number of carbonyl (C=O) groups is 1. The molecule has 1 atom stereocenters. The van der Waals surface area contributed by atoms with Crippen LogP contribution in [0.2, 0.25) is 0 Å². The largest absolute Gasteiger partial charge is 0.383 e. The number of carbonyl (C=O) groups excluding carboxylic acids is 1. The molecule has 1 unspecified atom stereocenters. The van der Waals surface area contributed by atoms with E-state index in [4.69, 9.17) is 10.5 Å². The van der Waals surface area contributed by atoms with Crippen molar-refractivity contribution in [2.75, 3.05) is 20.3 Å². The van der Waals surface area contributed by atoms with Crippen molar-refractivity contribution in [2.24, 2.45) is 5.73 Å². The summed E-state index contributed by atoms with van der Waals surface area (Å²) < 4.78 is 5.04. The number of methoxy groups -OCH3 is 1. The van der Waals surface area contributed by atoms with E-state index in [1.54, 1.807) is 13.2 Å². The summed E-state index contributed by atoms with van der Waals surface area (Å²) in [6, 6.07) is 3.66. The van der Waals surface area contributed by atoms with E-state index in [2.05, 4.69) is 17.2 Å². The highest BCUT2D eigenvalue weighted by atomic mass is 32.1. The molecule has 4 nitrogen and oxygen atoms in total. The van der Waals surface area contributed by atoms with Gasteiger partial charge in [0, 0.05) is 7.11 Å². The Labute approximate surface area is 112 Å². The Balaban J connectivity index is 2.63. The van der Waals surface area contributed by atoms with Gasteiger partial charge in [0.15, 0.2) is 0 Å². The van der Waals surface area contributed by atoms with Crippen molar-refractivity contribution < 1.29 is 9.53 Å². The summed E-state index contributed by atoms with van der Waals surface area (Å²) in [7, 11) is 1.63. The van der Waals surface area contributed by atoms with Crippen molar-refractivity contribution in [2.45, 2.75) is 19.4 Å². The number of hydrogen-bond donors (Lipinski definition) is 2. The van der Waals surface area contributed by atoms with Gasteiger partial charge in [-0.1, -0.05) is 18.8 Å². The highest BCUT2D eigenvalue weighted by Gasteiger charge is 2.13. The van der Waals surface area contributed by atoms with Crippen LogP contribution in [0.15, 0.2) is 12.1 Å². The van der Waals surface area contributed by atoms with E-state index in [0.717, 1.165) is 11.3 Å². The molecule has 0 saturated heterocycles. The molecule has 1 rings (SSSR count). The van der Waals surface area contributed by atoms with E-state index in [1.165, 1.54) is 11.3 Å². The predicted molar refractivity (Wildman–Crippen MR) is 73.7 cm³/mol. The molecule has 1 aromatic rings. The van der Waals surface area contributed by atoms with Gasteiger partial charge in [0.1, 0.15) is 0 Å². The van der Waals surface area contributed by atoms with Gasteiger partial charge in [-0.3, -0.25) is 4.79 Å². The minimum Gasteiger partial charge on any atom is -0.383 e. The van der Waals surface area contributed by atoms with Gasteiger partial charge in [0.25, 0.3) is 5.91 Å². The molecule has 18 heavy (non-hydrogen) atoms. The van der Waals surface area contributed by atoms with Crippen LogP contribution in [0.25, 0.3) is 0 Å². The second-order valence-corrected chi connectivity index (χ2v) is 4.79. The van der Waals surface area contributed by atoms with E-state index in [-0.39, 0.29) is 11.9 Å². The second-order valence-electron chi connectivity index (χ2n) is 3.70. The summed E-state index contributed by atoms with van der Waals surface area (Å²) in [5.74, 6) is 5.60. The summed E-state index contributed by atoms with van der Waals surface area (Å²) >= 11 is 1.37. The molecule has 1 heterocycles. The molecule has 0 aliphatic rings. The van der Waals surface area contributed by atoms with E-state index in [9.17, 15) is 4.79 Å². The zero-order chi connectivity index (χ0) is 13.4. The Hall–Kier alpha value is -1.35. The van der Waals surface area contributed by atoms with Gasteiger partial charge < -0.3 is 15.8 Å². The molecule has 3 N–H and O–H groups in total. The molecule has 0 spiro atoms. The number of amides is 1. The zero-order valence-corrected chi connectivity index (χ0v) is 11.5. The van der Waals surface area contributed by atoms with Crippen LogP contribution in [0.4, 0.5) is 0 Å². The predicted octanol–water partition coefficient (Wildman–Crippen LogP) is 1.21. The summed E-state index contributed by atoms with van der Waals surface area (Å²) in [6.45, 7) is 2.86. The van der Waals surface area contributed by atoms with Crippen LogP contribution in [-0.2, 0) is 4.74 Å². The lowest BCUT2D eigenvalue weighted by atomic mass is 10.2. The highest BCUT2D eigenvalue weighted by Crippen LogP contribution is 2.15. The zero-order valence-electron chi connectivity index (χ0n) is 10.7. The molecule has 1 aromatic heterocycles. The summed E-state index contributed by atoms with van der Waals surface area (Å²) in [6.07, 6.45) is 0.838. The number of ether oxygens (including phenoxy) is 1. The molecule has 0 aliphatic carbocycles. The van der Waals surface area contributed by atoms with Crippen LogP contribution in [0.1, 0.15) is 27.9 Å². The molecule has 0 bridgehead atoms. The number of hydrogen-bond acceptors (Lipinski definition) is 4. The summed E-state index contributed by atoms with van der Waals surface area (Å²) in [5, 5.41) is 2.93. The van der Waals surface area contributed by atoms with Crippen molar-refractivity contribution in [3.63, 3.8) is 0 Å². The fourth-order valence-corrected chi connectivity index (χ4v) is 2.17. The van der Waals surface area contributed by atoms with Crippen LogP contribution >= 0.6 is 11.3 Å². The summed E-state index contributed by atoms with van der Waals surface area (Å²) in [5.41, 5.74) is 5.30. The topological polar surface area (TPSA) is 64.3 Å². The fraction of sp³-hybridized carbons (Fsp3) is 0.462. The molecular formula is C13H18N2O2S. The second kappa shape index (κ2) is 7.88. The first-order valence-corrected chi connectivity index (χ1v) is 6.61. The SMILES string of the molecule is CCC(COC)NC(=O)c1ccc(C#CCN)s1. The van der Waals surface area contributed by atoms with Gasteiger partial charge in [-0.15, -0.1) is 11.3 Å². The number of nitrogens with two attached hydrogens (primary N) is 1. The van der Waals surface area contributed by atoms with Gasteiger partial charge in [-0.05, 0) is 18.6 Å².